The average Bonchev–Trinajstić information content (AvgIpc) is 2.67. The lowest BCUT2D eigenvalue weighted by Crippen LogP contribution is -2.06. The minimum absolute atomic E-state index is 0.480. The van der Waals surface area contributed by atoms with Gasteiger partial charge in [-0.05, 0) is 30.3 Å². The van der Waals surface area contributed by atoms with Crippen LogP contribution in [0.3, 0.4) is 0 Å². The Morgan fingerprint density at radius 1 is 1.28 bits per heavy atom. The van der Waals surface area contributed by atoms with E-state index in [0.29, 0.717) is 12.5 Å². The molecule has 2 aromatic heterocycles. The number of nitrogens with two attached hydrogens (primary N) is 1. The van der Waals surface area contributed by atoms with E-state index in [2.05, 4.69) is 31.1 Å². The zero-order valence-corrected chi connectivity index (χ0v) is 11.0. The fourth-order valence-corrected chi connectivity index (χ4v) is 2.21. The summed E-state index contributed by atoms with van der Waals surface area (Å²) in [6.07, 6.45) is 1.65. The standard InChI is InChI=1S/C12H10BrN5/c13-8-3-4-10-11(6-8)18(12(14)16-10)7-9-2-1-5-15-17-9/h1-6H,7H2,(H2,14,16). The van der Waals surface area contributed by atoms with Crippen LogP contribution in [0.5, 0.6) is 0 Å². The maximum Gasteiger partial charge on any atom is 0.201 e. The van der Waals surface area contributed by atoms with Crippen LogP contribution in [0, 0.1) is 0 Å². The van der Waals surface area contributed by atoms with Gasteiger partial charge in [0, 0.05) is 10.7 Å². The fourth-order valence-electron chi connectivity index (χ4n) is 1.86. The molecule has 2 N–H and O–H groups in total. The number of rotatable bonds is 2. The largest absolute Gasteiger partial charge is 0.369 e. The molecule has 0 radical (unpaired) electrons. The van der Waals surface area contributed by atoms with Crippen molar-refractivity contribution < 1.29 is 0 Å². The van der Waals surface area contributed by atoms with Crippen LogP contribution in [0.1, 0.15) is 5.69 Å². The molecule has 5 nitrogen and oxygen atoms in total. The van der Waals surface area contributed by atoms with Crippen molar-refractivity contribution in [2.45, 2.75) is 6.54 Å². The molecule has 0 spiro atoms. The number of nitrogens with zero attached hydrogens (tertiary/aromatic N) is 4. The van der Waals surface area contributed by atoms with Crippen LogP contribution < -0.4 is 5.73 Å². The molecule has 3 rings (SSSR count). The van der Waals surface area contributed by atoms with Crippen molar-refractivity contribution in [2.24, 2.45) is 0 Å². The number of hydrogen-bond acceptors (Lipinski definition) is 4. The van der Waals surface area contributed by atoms with Crippen LogP contribution in [0.2, 0.25) is 0 Å². The van der Waals surface area contributed by atoms with Crippen LogP contribution in [-0.4, -0.2) is 19.7 Å². The molecule has 18 heavy (non-hydrogen) atoms. The van der Waals surface area contributed by atoms with Crippen LogP contribution in [0.25, 0.3) is 11.0 Å². The maximum atomic E-state index is 5.94. The van der Waals surface area contributed by atoms with Gasteiger partial charge in [0.15, 0.2) is 0 Å². The van der Waals surface area contributed by atoms with E-state index in [1.807, 2.05) is 34.9 Å². The van der Waals surface area contributed by atoms with Crippen molar-refractivity contribution in [3.63, 3.8) is 0 Å². The van der Waals surface area contributed by atoms with Crippen molar-refractivity contribution >= 4 is 32.9 Å². The highest BCUT2D eigenvalue weighted by molar-refractivity contribution is 9.10. The molecule has 0 amide bonds. The van der Waals surface area contributed by atoms with E-state index in [1.54, 1.807) is 6.20 Å². The smallest absolute Gasteiger partial charge is 0.201 e. The molecule has 0 aliphatic rings. The van der Waals surface area contributed by atoms with Gasteiger partial charge < -0.3 is 10.3 Å². The fraction of sp³-hybridized carbons (Fsp3) is 0.0833. The lowest BCUT2D eigenvalue weighted by Gasteiger charge is -2.05. The molecule has 3 aromatic rings. The van der Waals surface area contributed by atoms with Gasteiger partial charge in [0.1, 0.15) is 0 Å². The Morgan fingerprint density at radius 2 is 2.17 bits per heavy atom. The van der Waals surface area contributed by atoms with E-state index in [1.165, 1.54) is 0 Å². The summed E-state index contributed by atoms with van der Waals surface area (Å²) in [5.41, 5.74) is 8.64. The Kier molecular flexibility index (Phi) is 2.71. The van der Waals surface area contributed by atoms with Gasteiger partial charge in [0.25, 0.3) is 0 Å². The van der Waals surface area contributed by atoms with Crippen LogP contribution in [0.15, 0.2) is 41.0 Å². The summed E-state index contributed by atoms with van der Waals surface area (Å²) in [4.78, 5) is 4.32. The van der Waals surface area contributed by atoms with Gasteiger partial charge in [-0.15, -0.1) is 0 Å². The Labute approximate surface area is 112 Å². The molecule has 0 bridgehead atoms. The van der Waals surface area contributed by atoms with Crippen LogP contribution in [-0.2, 0) is 6.54 Å². The summed E-state index contributed by atoms with van der Waals surface area (Å²) in [6, 6.07) is 9.64. The quantitative estimate of drug-likeness (QED) is 0.788. The highest BCUT2D eigenvalue weighted by Crippen LogP contribution is 2.22. The molecule has 0 fully saturated rings. The van der Waals surface area contributed by atoms with E-state index in [9.17, 15) is 0 Å². The zero-order chi connectivity index (χ0) is 12.5. The highest BCUT2D eigenvalue weighted by Gasteiger charge is 2.09. The van der Waals surface area contributed by atoms with Gasteiger partial charge in [0.05, 0.1) is 23.3 Å². The van der Waals surface area contributed by atoms with E-state index in [-0.39, 0.29) is 0 Å². The topological polar surface area (TPSA) is 69.6 Å². The lowest BCUT2D eigenvalue weighted by molar-refractivity contribution is 0.782. The number of anilines is 1. The first-order valence-electron chi connectivity index (χ1n) is 5.42. The number of imidazole rings is 1. The Balaban J connectivity index is 2.11. The van der Waals surface area contributed by atoms with Crippen molar-refractivity contribution in [1.82, 2.24) is 19.7 Å². The Hall–Kier alpha value is -1.95. The van der Waals surface area contributed by atoms with Crippen molar-refractivity contribution in [3.8, 4) is 0 Å². The number of fused-ring (bicyclic) bond motifs is 1. The minimum atomic E-state index is 0.480. The molecule has 0 aliphatic carbocycles. The van der Waals surface area contributed by atoms with Gasteiger partial charge in [-0.2, -0.15) is 10.2 Å². The molecular formula is C12H10BrN5. The van der Waals surface area contributed by atoms with E-state index >= 15 is 0 Å². The summed E-state index contributed by atoms with van der Waals surface area (Å²) in [6.45, 7) is 0.562. The maximum absolute atomic E-state index is 5.94. The summed E-state index contributed by atoms with van der Waals surface area (Å²) in [5, 5.41) is 7.92. The number of nitrogen functional groups attached to an aromatic ring is 1. The summed E-state index contributed by atoms with van der Waals surface area (Å²) < 4.78 is 2.92. The minimum Gasteiger partial charge on any atom is -0.369 e. The van der Waals surface area contributed by atoms with E-state index < -0.39 is 0 Å². The second-order valence-corrected chi connectivity index (χ2v) is 4.82. The zero-order valence-electron chi connectivity index (χ0n) is 9.42. The summed E-state index contributed by atoms with van der Waals surface area (Å²) in [7, 11) is 0. The number of hydrogen-bond donors (Lipinski definition) is 1. The predicted molar refractivity (Wildman–Crippen MR) is 73.0 cm³/mol. The average molecular weight is 304 g/mol. The monoisotopic (exact) mass is 303 g/mol. The second kappa shape index (κ2) is 4.38. The van der Waals surface area contributed by atoms with Gasteiger partial charge in [0.2, 0.25) is 5.95 Å². The first-order valence-corrected chi connectivity index (χ1v) is 6.21. The van der Waals surface area contributed by atoms with Crippen molar-refractivity contribution in [1.29, 1.82) is 0 Å². The molecular weight excluding hydrogens is 294 g/mol. The third-order valence-corrected chi connectivity index (χ3v) is 3.18. The second-order valence-electron chi connectivity index (χ2n) is 3.90. The number of benzene rings is 1. The Morgan fingerprint density at radius 3 is 2.94 bits per heavy atom. The molecule has 2 heterocycles. The molecule has 1 aromatic carbocycles. The van der Waals surface area contributed by atoms with Gasteiger partial charge in [-0.25, -0.2) is 4.98 Å². The number of aromatic nitrogens is 4. The molecule has 90 valence electrons. The predicted octanol–water partition coefficient (Wildman–Crippen LogP) is 2.22. The highest BCUT2D eigenvalue weighted by atomic mass is 79.9. The molecule has 0 saturated carbocycles. The first-order chi connectivity index (χ1) is 8.74. The molecule has 6 heteroatoms. The third-order valence-electron chi connectivity index (χ3n) is 2.69. The van der Waals surface area contributed by atoms with Crippen LogP contribution in [0.4, 0.5) is 5.95 Å². The van der Waals surface area contributed by atoms with Gasteiger partial charge in [-0.1, -0.05) is 15.9 Å². The molecule has 0 unspecified atom stereocenters. The lowest BCUT2D eigenvalue weighted by atomic mass is 10.3. The summed E-state index contributed by atoms with van der Waals surface area (Å²) in [5.74, 6) is 0.480. The summed E-state index contributed by atoms with van der Waals surface area (Å²) >= 11 is 3.45. The normalized spacial score (nSPS) is 10.9. The molecule has 0 saturated heterocycles. The molecule has 0 atom stereocenters. The number of halogens is 1. The third kappa shape index (κ3) is 1.95. The Bertz CT molecular complexity index is 692. The van der Waals surface area contributed by atoms with Crippen molar-refractivity contribution in [3.05, 3.63) is 46.7 Å². The van der Waals surface area contributed by atoms with E-state index in [0.717, 1.165) is 21.2 Å². The molecule has 0 aliphatic heterocycles. The van der Waals surface area contributed by atoms with Crippen molar-refractivity contribution in [2.75, 3.05) is 5.73 Å². The van der Waals surface area contributed by atoms with Gasteiger partial charge >= 0.3 is 0 Å². The van der Waals surface area contributed by atoms with Crippen LogP contribution >= 0.6 is 15.9 Å². The SMILES string of the molecule is Nc1nc2ccc(Br)cc2n1Cc1cccnn1. The van der Waals surface area contributed by atoms with Gasteiger partial charge in [-0.3, -0.25) is 0 Å². The van der Waals surface area contributed by atoms with E-state index in [4.69, 9.17) is 5.73 Å². The first kappa shape index (κ1) is 11.2.